The topological polar surface area (TPSA) is 118 Å². The van der Waals surface area contributed by atoms with E-state index in [4.69, 9.17) is 9.47 Å². The van der Waals surface area contributed by atoms with Gasteiger partial charge in [-0.3, -0.25) is 14.4 Å². The quantitative estimate of drug-likeness (QED) is 0.125. The number of nitrogens with one attached hydrogen (secondary N) is 3. The highest BCUT2D eigenvalue weighted by molar-refractivity contribution is 14.1. The molecule has 0 bridgehead atoms. The van der Waals surface area contributed by atoms with Crippen LogP contribution in [0.3, 0.4) is 0 Å². The number of hydrazone groups is 1. The third-order valence-electron chi connectivity index (χ3n) is 4.97. The minimum atomic E-state index is -0.884. The lowest BCUT2D eigenvalue weighted by molar-refractivity contribution is -0.139. The van der Waals surface area contributed by atoms with E-state index in [2.05, 4.69) is 59.7 Å². The molecule has 3 aromatic carbocycles. The van der Waals surface area contributed by atoms with E-state index in [1.165, 1.54) is 6.21 Å². The summed E-state index contributed by atoms with van der Waals surface area (Å²) in [4.78, 5) is 36.5. The van der Waals surface area contributed by atoms with Gasteiger partial charge in [-0.15, -0.1) is 0 Å². The predicted molar refractivity (Wildman–Crippen MR) is 157 cm³/mol. The fourth-order valence-electron chi connectivity index (χ4n) is 3.12. The molecular formula is C27H26BrIN4O5. The van der Waals surface area contributed by atoms with Gasteiger partial charge >= 0.3 is 11.8 Å². The Balaban J connectivity index is 1.56. The van der Waals surface area contributed by atoms with Crippen molar-refractivity contribution in [3.8, 4) is 11.5 Å². The zero-order chi connectivity index (χ0) is 27.5. The minimum absolute atomic E-state index is 0.215. The van der Waals surface area contributed by atoms with Crippen molar-refractivity contribution in [1.29, 1.82) is 0 Å². The van der Waals surface area contributed by atoms with Crippen molar-refractivity contribution in [3.63, 3.8) is 0 Å². The van der Waals surface area contributed by atoms with Crippen LogP contribution in [0.2, 0.25) is 0 Å². The maximum Gasteiger partial charge on any atom is 0.329 e. The lowest BCUT2D eigenvalue weighted by atomic mass is 10.1. The van der Waals surface area contributed by atoms with Crippen LogP contribution in [0, 0.1) is 10.5 Å². The van der Waals surface area contributed by atoms with Gasteiger partial charge in [-0.2, -0.15) is 5.10 Å². The molecule has 0 atom stereocenters. The maximum atomic E-state index is 12.3. The van der Waals surface area contributed by atoms with Crippen molar-refractivity contribution < 1.29 is 23.9 Å². The zero-order valence-corrected chi connectivity index (χ0v) is 24.5. The van der Waals surface area contributed by atoms with E-state index in [9.17, 15) is 14.4 Å². The summed E-state index contributed by atoms with van der Waals surface area (Å²) in [6, 6.07) is 18.2. The molecule has 0 fully saturated rings. The molecule has 0 saturated heterocycles. The number of hydrogen-bond acceptors (Lipinski definition) is 6. The number of carbonyl (C=O) groups is 3. The van der Waals surface area contributed by atoms with Crippen LogP contribution in [-0.4, -0.2) is 37.1 Å². The van der Waals surface area contributed by atoms with Gasteiger partial charge in [-0.05, 0) is 84.0 Å². The Morgan fingerprint density at radius 2 is 1.71 bits per heavy atom. The van der Waals surface area contributed by atoms with Crippen molar-refractivity contribution in [3.05, 3.63) is 85.4 Å². The summed E-state index contributed by atoms with van der Waals surface area (Å²) in [5.41, 5.74) is 5.46. The summed E-state index contributed by atoms with van der Waals surface area (Å²) in [5, 5.41) is 9.20. The highest BCUT2D eigenvalue weighted by Gasteiger charge is 2.15. The molecule has 0 unspecified atom stereocenters. The first-order valence-corrected chi connectivity index (χ1v) is 13.4. The summed E-state index contributed by atoms with van der Waals surface area (Å²) < 4.78 is 13.0. The van der Waals surface area contributed by atoms with E-state index in [0.29, 0.717) is 32.9 Å². The van der Waals surface area contributed by atoms with Gasteiger partial charge < -0.3 is 20.1 Å². The lowest BCUT2D eigenvalue weighted by Gasteiger charge is -2.14. The largest absolute Gasteiger partial charge is 0.490 e. The number of rotatable bonds is 10. The molecule has 3 rings (SSSR count). The molecule has 0 aromatic heterocycles. The maximum absolute atomic E-state index is 12.3. The van der Waals surface area contributed by atoms with Crippen LogP contribution in [0.15, 0.2) is 70.2 Å². The number of amides is 3. The average molecular weight is 693 g/mol. The molecule has 0 spiro atoms. The van der Waals surface area contributed by atoms with Gasteiger partial charge in [0.25, 0.3) is 5.91 Å². The Hall–Kier alpha value is -3.45. The Morgan fingerprint density at radius 3 is 2.39 bits per heavy atom. The number of halogens is 2. The highest BCUT2D eigenvalue weighted by atomic mass is 127. The molecule has 9 nitrogen and oxygen atoms in total. The van der Waals surface area contributed by atoms with Crippen molar-refractivity contribution in [1.82, 2.24) is 10.7 Å². The fourth-order valence-corrected chi connectivity index (χ4v) is 4.16. The van der Waals surface area contributed by atoms with Crippen LogP contribution in [0.5, 0.6) is 11.5 Å². The van der Waals surface area contributed by atoms with E-state index < -0.39 is 11.8 Å². The highest BCUT2D eigenvalue weighted by Crippen LogP contribution is 2.34. The first-order chi connectivity index (χ1) is 18.2. The second-order valence-corrected chi connectivity index (χ2v) is 10.1. The smallest absolute Gasteiger partial charge is 0.329 e. The molecule has 0 aliphatic heterocycles. The van der Waals surface area contributed by atoms with Gasteiger partial charge in [0.2, 0.25) is 0 Å². The summed E-state index contributed by atoms with van der Waals surface area (Å²) in [6.45, 7) is 4.18. The Bertz CT molecular complexity index is 1310. The van der Waals surface area contributed by atoms with E-state index >= 15 is 0 Å². The third-order valence-corrected chi connectivity index (χ3v) is 6.30. The molecule has 3 amide bonds. The van der Waals surface area contributed by atoms with Crippen LogP contribution in [0.1, 0.15) is 23.6 Å². The van der Waals surface area contributed by atoms with Gasteiger partial charge in [0.05, 0.1) is 16.4 Å². The Kier molecular flexibility index (Phi) is 11.1. The van der Waals surface area contributed by atoms with Crippen LogP contribution in [0.25, 0.3) is 0 Å². The van der Waals surface area contributed by atoms with Crippen molar-refractivity contribution in [2.45, 2.75) is 20.4 Å². The minimum Gasteiger partial charge on any atom is -0.490 e. The summed E-state index contributed by atoms with van der Waals surface area (Å²) in [7, 11) is 0. The molecule has 0 aliphatic rings. The number of aryl methyl sites for hydroxylation is 1. The Labute approximate surface area is 242 Å². The van der Waals surface area contributed by atoms with E-state index in [0.717, 1.165) is 15.6 Å². The monoisotopic (exact) mass is 692 g/mol. The number of carbonyl (C=O) groups excluding carboxylic acids is 3. The SMILES string of the molecule is CCOc1cc(/C=N\NC(=O)C(=O)NCc2ccc(C)cc2)cc(I)c1OCC(=O)Nc1ccc(Br)cc1. The summed E-state index contributed by atoms with van der Waals surface area (Å²) in [5.74, 6) is -1.17. The number of anilines is 1. The van der Waals surface area contributed by atoms with Crippen LogP contribution in [0.4, 0.5) is 5.69 Å². The normalized spacial score (nSPS) is 10.6. The van der Waals surface area contributed by atoms with E-state index in [-0.39, 0.29) is 19.1 Å². The molecule has 38 heavy (non-hydrogen) atoms. The predicted octanol–water partition coefficient (Wildman–Crippen LogP) is 4.54. The van der Waals surface area contributed by atoms with Crippen molar-refractivity contribution in [2.24, 2.45) is 5.10 Å². The van der Waals surface area contributed by atoms with Gasteiger partial charge in [0.1, 0.15) is 0 Å². The standard InChI is InChI=1S/C27H26BrIN4O5/c1-3-37-23-13-19(15-31-33-27(36)26(35)30-14-18-6-4-17(2)5-7-18)12-22(29)25(23)38-16-24(34)32-21-10-8-20(28)9-11-21/h4-13,15H,3,14,16H2,1-2H3,(H,30,35)(H,32,34)(H,33,36)/b31-15-. The number of benzene rings is 3. The molecule has 0 radical (unpaired) electrons. The van der Waals surface area contributed by atoms with Gasteiger partial charge in [-0.25, -0.2) is 5.43 Å². The van der Waals surface area contributed by atoms with Crippen LogP contribution in [-0.2, 0) is 20.9 Å². The second-order valence-electron chi connectivity index (χ2n) is 7.97. The number of ether oxygens (including phenoxy) is 2. The zero-order valence-electron chi connectivity index (χ0n) is 20.7. The van der Waals surface area contributed by atoms with E-state index in [1.54, 1.807) is 24.3 Å². The molecule has 0 aliphatic carbocycles. The Morgan fingerprint density at radius 1 is 1.00 bits per heavy atom. The van der Waals surface area contributed by atoms with Crippen LogP contribution >= 0.6 is 38.5 Å². The molecular weight excluding hydrogens is 667 g/mol. The molecule has 198 valence electrons. The molecule has 11 heteroatoms. The third kappa shape index (κ3) is 9.14. The average Bonchev–Trinajstić information content (AvgIpc) is 2.89. The first kappa shape index (κ1) is 29.1. The van der Waals surface area contributed by atoms with Crippen LogP contribution < -0.4 is 25.5 Å². The fraction of sp³-hybridized carbons (Fsp3) is 0.185. The summed E-state index contributed by atoms with van der Waals surface area (Å²) >= 11 is 5.42. The molecule has 3 N–H and O–H groups in total. The van der Waals surface area contributed by atoms with Crippen molar-refractivity contribution in [2.75, 3.05) is 18.5 Å². The summed E-state index contributed by atoms with van der Waals surface area (Å²) in [6.07, 6.45) is 1.39. The number of hydrogen-bond donors (Lipinski definition) is 3. The van der Waals surface area contributed by atoms with Gasteiger partial charge in [0, 0.05) is 16.7 Å². The lowest BCUT2D eigenvalue weighted by Crippen LogP contribution is -2.37. The molecule has 3 aromatic rings. The molecule has 0 heterocycles. The second kappa shape index (κ2) is 14.5. The van der Waals surface area contributed by atoms with E-state index in [1.807, 2.05) is 50.2 Å². The van der Waals surface area contributed by atoms with Gasteiger partial charge in [-0.1, -0.05) is 45.8 Å². The first-order valence-electron chi connectivity index (χ1n) is 11.6. The molecule has 0 saturated carbocycles. The number of nitrogens with zero attached hydrogens (tertiary/aromatic N) is 1. The van der Waals surface area contributed by atoms with Crippen molar-refractivity contribution >= 4 is 68.1 Å². The van der Waals surface area contributed by atoms with Gasteiger partial charge in [0.15, 0.2) is 18.1 Å².